The molecule has 0 bridgehead atoms. The molecule has 0 spiro atoms. The van der Waals surface area contributed by atoms with Gasteiger partial charge >= 0.3 is 5.63 Å². The van der Waals surface area contributed by atoms with Crippen molar-refractivity contribution >= 4 is 11.0 Å². The van der Waals surface area contributed by atoms with Crippen LogP contribution in [0, 0.1) is 22.7 Å². The fourth-order valence-corrected chi connectivity index (χ4v) is 5.66. The van der Waals surface area contributed by atoms with Crippen LogP contribution in [0.2, 0.25) is 0 Å². The highest BCUT2D eigenvalue weighted by Crippen LogP contribution is 2.59. The van der Waals surface area contributed by atoms with E-state index in [0.29, 0.717) is 24.0 Å². The quantitative estimate of drug-likeness (QED) is 0.603. The smallest absolute Gasteiger partial charge is 0.336 e. The SMILES string of the molecule is CC1=CC[C@@H]2C(C)(C)[C@@H](O)CC[C@@]2(C)[C@@H]1COc1ccc2ccc(=O)oc2c1. The molecule has 0 radical (unpaired) electrons. The Labute approximate surface area is 166 Å². The van der Waals surface area contributed by atoms with Crippen LogP contribution in [0.1, 0.15) is 47.0 Å². The first kappa shape index (κ1) is 19.3. The van der Waals surface area contributed by atoms with Gasteiger partial charge in [-0.15, -0.1) is 0 Å². The van der Waals surface area contributed by atoms with Crippen LogP contribution in [0.3, 0.4) is 0 Å². The maximum absolute atomic E-state index is 11.5. The zero-order valence-electron chi connectivity index (χ0n) is 17.2. The highest BCUT2D eigenvalue weighted by Gasteiger charge is 2.55. The average molecular weight is 383 g/mol. The van der Waals surface area contributed by atoms with E-state index >= 15 is 0 Å². The van der Waals surface area contributed by atoms with E-state index in [1.165, 1.54) is 11.6 Å². The maximum Gasteiger partial charge on any atom is 0.336 e. The summed E-state index contributed by atoms with van der Waals surface area (Å²) in [5.74, 6) is 1.45. The van der Waals surface area contributed by atoms with Crippen molar-refractivity contribution in [2.45, 2.75) is 53.1 Å². The Morgan fingerprint density at radius 3 is 2.75 bits per heavy atom. The number of aliphatic hydroxyl groups excluding tert-OH is 1. The zero-order valence-corrected chi connectivity index (χ0v) is 17.2. The molecule has 0 saturated heterocycles. The number of benzene rings is 1. The van der Waals surface area contributed by atoms with E-state index in [1.54, 1.807) is 12.1 Å². The second kappa shape index (κ2) is 6.77. The van der Waals surface area contributed by atoms with Crippen LogP contribution in [-0.2, 0) is 0 Å². The molecule has 1 aromatic carbocycles. The van der Waals surface area contributed by atoms with E-state index in [4.69, 9.17) is 9.15 Å². The lowest BCUT2D eigenvalue weighted by atomic mass is 9.48. The van der Waals surface area contributed by atoms with Crippen molar-refractivity contribution in [3.8, 4) is 5.75 Å². The van der Waals surface area contributed by atoms with Gasteiger partial charge in [0.25, 0.3) is 0 Å². The highest BCUT2D eigenvalue weighted by atomic mass is 16.5. The fourth-order valence-electron chi connectivity index (χ4n) is 5.66. The molecule has 2 aliphatic rings. The third kappa shape index (κ3) is 3.08. The van der Waals surface area contributed by atoms with Crippen molar-refractivity contribution in [1.82, 2.24) is 0 Å². The molecule has 0 amide bonds. The number of fused-ring (bicyclic) bond motifs is 2. The highest BCUT2D eigenvalue weighted by molar-refractivity contribution is 5.77. The molecule has 1 saturated carbocycles. The normalized spacial score (nSPS) is 31.9. The van der Waals surface area contributed by atoms with Gasteiger partial charge in [-0.05, 0) is 61.1 Å². The van der Waals surface area contributed by atoms with Gasteiger partial charge in [0.1, 0.15) is 11.3 Å². The number of aliphatic hydroxyl groups is 1. The Hall–Kier alpha value is -2.07. The molecule has 1 aromatic heterocycles. The monoisotopic (exact) mass is 382 g/mol. The zero-order chi connectivity index (χ0) is 20.1. The third-order valence-electron chi connectivity index (χ3n) is 7.54. The molecule has 4 heteroatoms. The molecule has 0 aliphatic heterocycles. The predicted molar refractivity (Wildman–Crippen MR) is 110 cm³/mol. The van der Waals surface area contributed by atoms with Gasteiger partial charge in [0, 0.05) is 23.4 Å². The predicted octanol–water partition coefficient (Wildman–Crippen LogP) is 4.94. The number of allylic oxidation sites excluding steroid dienone is 1. The Morgan fingerprint density at radius 2 is 1.96 bits per heavy atom. The summed E-state index contributed by atoms with van der Waals surface area (Å²) < 4.78 is 11.5. The van der Waals surface area contributed by atoms with Crippen LogP contribution < -0.4 is 10.4 Å². The minimum Gasteiger partial charge on any atom is -0.493 e. The Bertz CT molecular complexity index is 970. The fraction of sp³-hybridized carbons (Fsp3) is 0.542. The Kier molecular flexibility index (Phi) is 4.65. The molecular formula is C24H30O4. The molecule has 28 heavy (non-hydrogen) atoms. The van der Waals surface area contributed by atoms with Crippen molar-refractivity contribution in [3.63, 3.8) is 0 Å². The molecule has 150 valence electrons. The van der Waals surface area contributed by atoms with Crippen LogP contribution in [0.25, 0.3) is 11.0 Å². The minimum atomic E-state index is -0.353. The average Bonchev–Trinajstić information content (AvgIpc) is 2.64. The van der Waals surface area contributed by atoms with Crippen molar-refractivity contribution in [1.29, 1.82) is 0 Å². The summed E-state index contributed by atoms with van der Waals surface area (Å²) in [6.45, 7) is 9.57. The van der Waals surface area contributed by atoms with Crippen LogP contribution in [-0.4, -0.2) is 17.8 Å². The second-order valence-electron chi connectivity index (χ2n) is 9.44. The van der Waals surface area contributed by atoms with Gasteiger partial charge in [-0.1, -0.05) is 32.4 Å². The van der Waals surface area contributed by atoms with Crippen molar-refractivity contribution in [3.05, 3.63) is 52.4 Å². The van der Waals surface area contributed by atoms with Gasteiger partial charge < -0.3 is 14.3 Å². The first-order valence-corrected chi connectivity index (χ1v) is 10.2. The largest absolute Gasteiger partial charge is 0.493 e. The number of hydrogen-bond donors (Lipinski definition) is 1. The summed E-state index contributed by atoms with van der Waals surface area (Å²) in [6, 6.07) is 8.84. The summed E-state index contributed by atoms with van der Waals surface area (Å²) in [6.07, 6.45) is 4.95. The molecule has 0 unspecified atom stereocenters. The van der Waals surface area contributed by atoms with Crippen LogP contribution in [0.5, 0.6) is 5.75 Å². The maximum atomic E-state index is 11.5. The number of hydrogen-bond acceptors (Lipinski definition) is 4. The van der Waals surface area contributed by atoms with Crippen LogP contribution in [0.15, 0.2) is 51.2 Å². The van der Waals surface area contributed by atoms with E-state index in [1.807, 2.05) is 12.1 Å². The minimum absolute atomic E-state index is 0.102. The summed E-state index contributed by atoms with van der Waals surface area (Å²) in [4.78, 5) is 11.5. The molecule has 1 heterocycles. The summed E-state index contributed by atoms with van der Waals surface area (Å²) >= 11 is 0. The first-order chi connectivity index (χ1) is 13.2. The Morgan fingerprint density at radius 1 is 1.21 bits per heavy atom. The van der Waals surface area contributed by atoms with Gasteiger partial charge in [0.15, 0.2) is 0 Å². The van der Waals surface area contributed by atoms with Gasteiger partial charge in [-0.2, -0.15) is 0 Å². The van der Waals surface area contributed by atoms with Crippen LogP contribution in [0.4, 0.5) is 0 Å². The van der Waals surface area contributed by atoms with E-state index in [-0.39, 0.29) is 22.6 Å². The van der Waals surface area contributed by atoms with E-state index < -0.39 is 0 Å². The van der Waals surface area contributed by atoms with Crippen molar-refractivity contribution in [2.75, 3.05) is 6.61 Å². The first-order valence-electron chi connectivity index (χ1n) is 10.2. The van der Waals surface area contributed by atoms with E-state index in [0.717, 1.165) is 30.4 Å². The summed E-state index contributed by atoms with van der Waals surface area (Å²) in [5.41, 5.74) is 1.57. The lowest BCUT2D eigenvalue weighted by Crippen LogP contribution is -2.55. The third-order valence-corrected chi connectivity index (χ3v) is 7.54. The van der Waals surface area contributed by atoms with Crippen molar-refractivity contribution in [2.24, 2.45) is 22.7 Å². The molecule has 4 rings (SSSR count). The van der Waals surface area contributed by atoms with Gasteiger partial charge in [0.05, 0.1) is 12.7 Å². The number of rotatable bonds is 3. The summed E-state index contributed by atoms with van der Waals surface area (Å²) in [7, 11) is 0. The lowest BCUT2D eigenvalue weighted by molar-refractivity contribution is -0.119. The standard InChI is InChI=1S/C24H30O4/c1-15-5-9-20-23(2,3)21(25)11-12-24(20,4)18(15)14-27-17-8-6-16-7-10-22(26)28-19(16)13-17/h5-8,10,13,18,20-21,25H,9,11-12,14H2,1-4H3/t18-,20-,21+,24+/m1/s1. The van der Waals surface area contributed by atoms with Gasteiger partial charge in [-0.3, -0.25) is 0 Å². The topological polar surface area (TPSA) is 59.7 Å². The molecular weight excluding hydrogens is 352 g/mol. The molecule has 2 aliphatic carbocycles. The second-order valence-corrected chi connectivity index (χ2v) is 9.44. The van der Waals surface area contributed by atoms with E-state index in [9.17, 15) is 9.90 Å². The molecule has 2 aromatic rings. The Balaban J connectivity index is 1.59. The van der Waals surface area contributed by atoms with Gasteiger partial charge in [-0.25, -0.2) is 4.79 Å². The summed E-state index contributed by atoms with van der Waals surface area (Å²) in [5, 5.41) is 11.5. The molecule has 4 atom stereocenters. The molecule has 1 N–H and O–H groups in total. The molecule has 4 nitrogen and oxygen atoms in total. The molecule has 1 fully saturated rings. The lowest BCUT2D eigenvalue weighted by Gasteiger charge is -2.58. The van der Waals surface area contributed by atoms with Crippen LogP contribution >= 0.6 is 0 Å². The van der Waals surface area contributed by atoms with Crippen molar-refractivity contribution < 1.29 is 14.3 Å². The van der Waals surface area contributed by atoms with Gasteiger partial charge in [0.2, 0.25) is 0 Å². The van der Waals surface area contributed by atoms with E-state index in [2.05, 4.69) is 33.8 Å². The number of ether oxygens (including phenoxy) is 1.